The zero-order chi connectivity index (χ0) is 17.7. The van der Waals surface area contributed by atoms with Crippen LogP contribution < -0.4 is 15.0 Å². The van der Waals surface area contributed by atoms with Gasteiger partial charge in [-0.3, -0.25) is 9.59 Å². The average molecular weight is 348 g/mol. The van der Waals surface area contributed by atoms with Crippen molar-refractivity contribution in [2.24, 2.45) is 0 Å². The Morgan fingerprint density at radius 2 is 1.88 bits per heavy atom. The molecule has 0 aliphatic carbocycles. The molecule has 1 heterocycles. The fourth-order valence-electron chi connectivity index (χ4n) is 2.31. The number of nitrogens with one attached hydrogen (secondary N) is 1. The molecular weight excluding hydrogens is 328 g/mol. The van der Waals surface area contributed by atoms with Crippen LogP contribution in [0.25, 0.3) is 0 Å². The van der Waals surface area contributed by atoms with Crippen LogP contribution >= 0.6 is 11.8 Å². The summed E-state index contributed by atoms with van der Waals surface area (Å²) in [4.78, 5) is 28.7. The number of nitrogens with zero attached hydrogens (tertiary/aromatic N) is 1. The van der Waals surface area contributed by atoms with Gasteiger partial charge in [0.05, 0.1) is 19.8 Å². The zero-order valence-electron chi connectivity index (χ0n) is 14.1. The molecule has 0 spiro atoms. The average Bonchev–Trinajstić information content (AvgIpc) is 2.61. The van der Waals surface area contributed by atoms with E-state index < -0.39 is 0 Å². The summed E-state index contributed by atoms with van der Waals surface area (Å²) < 4.78 is 10.7. The van der Waals surface area contributed by atoms with Gasteiger partial charge in [-0.25, -0.2) is 0 Å². The summed E-state index contributed by atoms with van der Waals surface area (Å²) in [6.07, 6.45) is 3.39. The molecule has 1 amide bonds. The van der Waals surface area contributed by atoms with Gasteiger partial charge in [-0.15, -0.1) is 11.8 Å². The van der Waals surface area contributed by atoms with Crippen LogP contribution in [0.1, 0.15) is 15.9 Å². The summed E-state index contributed by atoms with van der Waals surface area (Å²) in [6.45, 7) is 0.411. The lowest BCUT2D eigenvalue weighted by molar-refractivity contribution is 0.0783. The van der Waals surface area contributed by atoms with Gasteiger partial charge < -0.3 is 19.4 Å². The first-order valence-electron chi connectivity index (χ1n) is 7.23. The lowest BCUT2D eigenvalue weighted by Gasteiger charge is -2.20. The van der Waals surface area contributed by atoms with Crippen molar-refractivity contribution in [1.82, 2.24) is 9.88 Å². The zero-order valence-corrected chi connectivity index (χ0v) is 14.9. The van der Waals surface area contributed by atoms with Gasteiger partial charge in [0.1, 0.15) is 0 Å². The molecule has 0 atom stereocenters. The van der Waals surface area contributed by atoms with E-state index in [1.165, 1.54) is 18.3 Å². The molecule has 1 N–H and O–H groups in total. The molecule has 0 aliphatic heterocycles. The van der Waals surface area contributed by atoms with Gasteiger partial charge in [-0.1, -0.05) is 0 Å². The van der Waals surface area contributed by atoms with E-state index >= 15 is 0 Å². The maximum absolute atomic E-state index is 12.5. The third kappa shape index (κ3) is 3.91. The van der Waals surface area contributed by atoms with Crippen molar-refractivity contribution in [1.29, 1.82) is 0 Å². The lowest BCUT2D eigenvalue weighted by Crippen LogP contribution is -2.27. The number of rotatable bonds is 6. The highest BCUT2D eigenvalue weighted by Crippen LogP contribution is 2.35. The molecule has 0 bridgehead atoms. The van der Waals surface area contributed by atoms with E-state index in [-0.39, 0.29) is 11.5 Å². The highest BCUT2D eigenvalue weighted by molar-refractivity contribution is 7.98. The molecule has 1 aromatic carbocycles. The molecule has 0 radical (unpaired) electrons. The SMILES string of the molecule is COc1cc(CN(C)C(=O)c2ccc(=O)[nH]c2)c(SC)cc1OC. The van der Waals surface area contributed by atoms with E-state index in [4.69, 9.17) is 9.47 Å². The molecule has 7 heteroatoms. The highest BCUT2D eigenvalue weighted by atomic mass is 32.2. The minimum absolute atomic E-state index is 0.173. The van der Waals surface area contributed by atoms with Crippen LogP contribution in [0.3, 0.4) is 0 Å². The van der Waals surface area contributed by atoms with Gasteiger partial charge in [0.25, 0.3) is 5.91 Å². The van der Waals surface area contributed by atoms with Crippen LogP contribution in [0.4, 0.5) is 0 Å². The van der Waals surface area contributed by atoms with Crippen molar-refractivity contribution in [3.8, 4) is 11.5 Å². The molecule has 24 heavy (non-hydrogen) atoms. The van der Waals surface area contributed by atoms with Crippen LogP contribution in [-0.2, 0) is 6.54 Å². The normalized spacial score (nSPS) is 10.3. The lowest BCUT2D eigenvalue weighted by atomic mass is 10.1. The van der Waals surface area contributed by atoms with Crippen molar-refractivity contribution in [3.63, 3.8) is 0 Å². The van der Waals surface area contributed by atoms with Gasteiger partial charge in [-0.2, -0.15) is 0 Å². The second kappa shape index (κ2) is 7.92. The Kier molecular flexibility index (Phi) is 5.92. The predicted molar refractivity (Wildman–Crippen MR) is 94.2 cm³/mol. The number of H-pyrrole nitrogens is 1. The minimum Gasteiger partial charge on any atom is -0.493 e. The number of methoxy groups -OCH3 is 2. The predicted octanol–water partition coefficient (Wildman–Crippen LogP) is 2.39. The van der Waals surface area contributed by atoms with Crippen LogP contribution in [0.2, 0.25) is 0 Å². The van der Waals surface area contributed by atoms with Crippen LogP contribution in [0, 0.1) is 0 Å². The standard InChI is InChI=1S/C17H20N2O4S/c1-19(17(21)11-5-6-16(20)18-9-11)10-12-7-13(22-2)14(23-3)8-15(12)24-4/h5-9H,10H2,1-4H3,(H,18,20). The first-order chi connectivity index (χ1) is 11.5. The van der Waals surface area contributed by atoms with Crippen molar-refractivity contribution >= 4 is 17.7 Å². The molecule has 2 rings (SSSR count). The first-order valence-corrected chi connectivity index (χ1v) is 8.45. The van der Waals surface area contributed by atoms with Crippen molar-refractivity contribution in [2.75, 3.05) is 27.5 Å². The highest BCUT2D eigenvalue weighted by Gasteiger charge is 2.16. The van der Waals surface area contributed by atoms with Crippen LogP contribution in [0.5, 0.6) is 11.5 Å². The number of carbonyl (C=O) groups excluding carboxylic acids is 1. The monoisotopic (exact) mass is 348 g/mol. The third-order valence-corrected chi connectivity index (χ3v) is 4.39. The summed E-state index contributed by atoms with van der Waals surface area (Å²) in [5.74, 6) is 1.10. The number of amides is 1. The summed E-state index contributed by atoms with van der Waals surface area (Å²) in [5, 5.41) is 0. The Morgan fingerprint density at radius 1 is 1.21 bits per heavy atom. The van der Waals surface area contributed by atoms with Crippen molar-refractivity contribution in [3.05, 3.63) is 51.9 Å². The topological polar surface area (TPSA) is 71.6 Å². The Balaban J connectivity index is 2.27. The van der Waals surface area contributed by atoms with Gasteiger partial charge in [0, 0.05) is 30.8 Å². The maximum atomic E-state index is 12.5. The Labute approximate surface area is 144 Å². The number of aromatic nitrogens is 1. The third-order valence-electron chi connectivity index (χ3n) is 3.57. The van der Waals surface area contributed by atoms with E-state index in [9.17, 15) is 9.59 Å². The first kappa shape index (κ1) is 17.9. The molecule has 6 nitrogen and oxygen atoms in total. The van der Waals surface area contributed by atoms with Gasteiger partial charge in [0.15, 0.2) is 11.5 Å². The summed E-state index contributed by atoms with van der Waals surface area (Å²) in [5.41, 5.74) is 1.16. The largest absolute Gasteiger partial charge is 0.493 e. The molecule has 0 saturated heterocycles. The van der Waals surface area contributed by atoms with E-state index in [0.29, 0.717) is 23.6 Å². The van der Waals surface area contributed by atoms with Gasteiger partial charge >= 0.3 is 0 Å². The number of hydrogen-bond donors (Lipinski definition) is 1. The summed E-state index contributed by atoms with van der Waals surface area (Å²) in [6, 6.07) is 6.63. The molecule has 128 valence electrons. The van der Waals surface area contributed by atoms with Crippen molar-refractivity contribution in [2.45, 2.75) is 11.4 Å². The quantitative estimate of drug-likeness (QED) is 0.812. The summed E-state index contributed by atoms with van der Waals surface area (Å²) in [7, 11) is 4.89. The Hall–Kier alpha value is -2.41. The fraction of sp³-hybridized carbons (Fsp3) is 0.294. The number of hydrogen-bond acceptors (Lipinski definition) is 5. The second-order valence-corrected chi connectivity index (χ2v) is 5.97. The number of thioether (sulfide) groups is 1. The number of benzene rings is 1. The van der Waals surface area contributed by atoms with E-state index in [0.717, 1.165) is 10.5 Å². The molecule has 0 fully saturated rings. The number of ether oxygens (including phenoxy) is 2. The summed E-state index contributed by atoms with van der Waals surface area (Å²) >= 11 is 1.57. The van der Waals surface area contributed by atoms with E-state index in [1.54, 1.807) is 37.9 Å². The molecule has 0 aliphatic rings. The van der Waals surface area contributed by atoms with Crippen molar-refractivity contribution < 1.29 is 14.3 Å². The molecule has 0 unspecified atom stereocenters. The minimum atomic E-state index is -0.237. The van der Waals surface area contributed by atoms with E-state index in [2.05, 4.69) is 4.98 Å². The molecule has 1 aromatic heterocycles. The maximum Gasteiger partial charge on any atom is 0.255 e. The number of carbonyl (C=O) groups is 1. The fourth-order valence-corrected chi connectivity index (χ4v) is 2.92. The molecule has 2 aromatic rings. The Bertz CT molecular complexity index is 768. The van der Waals surface area contributed by atoms with Gasteiger partial charge in [0.2, 0.25) is 5.56 Å². The number of pyridine rings is 1. The second-order valence-electron chi connectivity index (χ2n) is 5.12. The van der Waals surface area contributed by atoms with Crippen LogP contribution in [-0.4, -0.2) is 43.3 Å². The molecule has 0 saturated carbocycles. The van der Waals surface area contributed by atoms with Gasteiger partial charge in [-0.05, 0) is 30.0 Å². The Morgan fingerprint density at radius 3 is 2.42 bits per heavy atom. The van der Waals surface area contributed by atoms with E-state index in [1.807, 2.05) is 18.4 Å². The molecular formula is C17H20N2O4S. The number of aromatic amines is 1. The van der Waals surface area contributed by atoms with Crippen LogP contribution in [0.15, 0.2) is 40.2 Å². The smallest absolute Gasteiger partial charge is 0.255 e.